The fourth-order valence-electron chi connectivity index (χ4n) is 1.49. The molecule has 1 aliphatic rings. The largest absolute Gasteiger partial charge is 0.481 e. The molecule has 11 heavy (non-hydrogen) atoms. The standard InChI is InChI=1S/C8H15NO2/c10-8(11)6-7-4-2-1-3-5-9-7/h7,9H,1-6H2,(H,10,11). The topological polar surface area (TPSA) is 49.3 Å². The summed E-state index contributed by atoms with van der Waals surface area (Å²) in [7, 11) is 0. The molecule has 64 valence electrons. The Labute approximate surface area is 66.8 Å². The average molecular weight is 157 g/mol. The Morgan fingerprint density at radius 1 is 1.45 bits per heavy atom. The lowest BCUT2D eigenvalue weighted by atomic mass is 10.1. The van der Waals surface area contributed by atoms with Crippen LogP contribution in [0.4, 0.5) is 0 Å². The first-order valence-corrected chi connectivity index (χ1v) is 4.24. The first-order chi connectivity index (χ1) is 5.29. The lowest BCUT2D eigenvalue weighted by molar-refractivity contribution is -0.137. The van der Waals surface area contributed by atoms with Crippen LogP contribution in [-0.2, 0) is 4.79 Å². The molecule has 0 spiro atoms. The minimum absolute atomic E-state index is 0.218. The molecule has 0 aliphatic carbocycles. The number of carbonyl (C=O) groups is 1. The van der Waals surface area contributed by atoms with Crippen molar-refractivity contribution in [2.24, 2.45) is 0 Å². The molecule has 0 radical (unpaired) electrons. The van der Waals surface area contributed by atoms with Gasteiger partial charge in [-0.15, -0.1) is 0 Å². The van der Waals surface area contributed by atoms with Crippen LogP contribution in [0.5, 0.6) is 0 Å². The zero-order chi connectivity index (χ0) is 8.10. The van der Waals surface area contributed by atoms with Crippen molar-refractivity contribution in [2.75, 3.05) is 6.54 Å². The minimum Gasteiger partial charge on any atom is -0.481 e. The summed E-state index contributed by atoms with van der Waals surface area (Å²) in [5.74, 6) is -0.690. The fraction of sp³-hybridized carbons (Fsp3) is 0.875. The second-order valence-corrected chi connectivity index (χ2v) is 3.10. The maximum absolute atomic E-state index is 10.3. The number of hydrogen-bond acceptors (Lipinski definition) is 2. The van der Waals surface area contributed by atoms with Gasteiger partial charge in [-0.2, -0.15) is 0 Å². The molecule has 0 amide bonds. The summed E-state index contributed by atoms with van der Waals surface area (Å²) in [6, 6.07) is 0.218. The molecule has 0 bridgehead atoms. The normalized spacial score (nSPS) is 26.0. The molecule has 0 aromatic rings. The van der Waals surface area contributed by atoms with E-state index in [0.717, 1.165) is 13.0 Å². The molecule has 1 heterocycles. The van der Waals surface area contributed by atoms with Gasteiger partial charge >= 0.3 is 5.97 Å². The lowest BCUT2D eigenvalue weighted by Gasteiger charge is -2.11. The Bertz CT molecular complexity index is 128. The molecule has 1 fully saturated rings. The molecule has 2 N–H and O–H groups in total. The molecule has 3 nitrogen and oxygen atoms in total. The van der Waals surface area contributed by atoms with E-state index in [1.807, 2.05) is 0 Å². The second kappa shape index (κ2) is 4.34. The quantitative estimate of drug-likeness (QED) is 0.628. The van der Waals surface area contributed by atoms with Gasteiger partial charge < -0.3 is 10.4 Å². The van der Waals surface area contributed by atoms with Gasteiger partial charge in [-0.25, -0.2) is 0 Å². The molecule has 0 aromatic carbocycles. The Morgan fingerprint density at radius 3 is 3.00 bits per heavy atom. The van der Waals surface area contributed by atoms with Crippen LogP contribution < -0.4 is 5.32 Å². The van der Waals surface area contributed by atoms with Crippen LogP contribution in [0.3, 0.4) is 0 Å². The molecular weight excluding hydrogens is 142 g/mol. The van der Waals surface area contributed by atoms with Crippen molar-refractivity contribution in [3.8, 4) is 0 Å². The number of carboxylic acids is 1. The Balaban J connectivity index is 2.25. The van der Waals surface area contributed by atoms with Crippen molar-refractivity contribution in [3.05, 3.63) is 0 Å². The van der Waals surface area contributed by atoms with Crippen molar-refractivity contribution in [1.82, 2.24) is 5.32 Å². The maximum Gasteiger partial charge on any atom is 0.304 e. The predicted octanol–water partition coefficient (Wildman–Crippen LogP) is 0.993. The zero-order valence-electron chi connectivity index (χ0n) is 6.68. The highest BCUT2D eigenvalue weighted by Gasteiger charge is 2.13. The Morgan fingerprint density at radius 2 is 2.27 bits per heavy atom. The molecule has 1 atom stereocenters. The third-order valence-electron chi connectivity index (χ3n) is 2.08. The first-order valence-electron chi connectivity index (χ1n) is 4.24. The zero-order valence-corrected chi connectivity index (χ0v) is 6.68. The van der Waals surface area contributed by atoms with E-state index in [1.165, 1.54) is 19.3 Å². The molecule has 3 heteroatoms. The van der Waals surface area contributed by atoms with Crippen molar-refractivity contribution in [1.29, 1.82) is 0 Å². The van der Waals surface area contributed by atoms with Crippen LogP contribution in [0.1, 0.15) is 32.1 Å². The van der Waals surface area contributed by atoms with Gasteiger partial charge in [0.05, 0.1) is 6.42 Å². The first kappa shape index (κ1) is 8.53. The van der Waals surface area contributed by atoms with Gasteiger partial charge in [-0.3, -0.25) is 4.79 Å². The third-order valence-corrected chi connectivity index (χ3v) is 2.08. The van der Waals surface area contributed by atoms with E-state index in [1.54, 1.807) is 0 Å². The van der Waals surface area contributed by atoms with Crippen LogP contribution in [0.25, 0.3) is 0 Å². The summed E-state index contributed by atoms with van der Waals surface area (Å²) in [6.07, 6.45) is 4.90. The molecule has 0 saturated carbocycles. The minimum atomic E-state index is -0.690. The second-order valence-electron chi connectivity index (χ2n) is 3.10. The average Bonchev–Trinajstić information content (AvgIpc) is 2.14. The third kappa shape index (κ3) is 3.37. The summed E-state index contributed by atoms with van der Waals surface area (Å²) in [6.45, 7) is 0.984. The number of nitrogens with one attached hydrogen (secondary N) is 1. The van der Waals surface area contributed by atoms with E-state index in [-0.39, 0.29) is 12.5 Å². The van der Waals surface area contributed by atoms with Crippen molar-refractivity contribution in [2.45, 2.75) is 38.1 Å². The van der Waals surface area contributed by atoms with Gasteiger partial charge in [-0.05, 0) is 19.4 Å². The van der Waals surface area contributed by atoms with Gasteiger partial charge in [0.1, 0.15) is 0 Å². The van der Waals surface area contributed by atoms with E-state index in [9.17, 15) is 4.79 Å². The van der Waals surface area contributed by atoms with Crippen molar-refractivity contribution in [3.63, 3.8) is 0 Å². The van der Waals surface area contributed by atoms with Gasteiger partial charge in [0.15, 0.2) is 0 Å². The van der Waals surface area contributed by atoms with E-state index >= 15 is 0 Å². The summed E-state index contributed by atoms with van der Waals surface area (Å²) < 4.78 is 0. The smallest absolute Gasteiger partial charge is 0.304 e. The molecule has 1 rings (SSSR count). The number of rotatable bonds is 2. The van der Waals surface area contributed by atoms with Crippen LogP contribution in [0.2, 0.25) is 0 Å². The van der Waals surface area contributed by atoms with Gasteiger partial charge in [0.25, 0.3) is 0 Å². The van der Waals surface area contributed by atoms with E-state index in [4.69, 9.17) is 5.11 Å². The van der Waals surface area contributed by atoms with Crippen LogP contribution in [0, 0.1) is 0 Å². The highest BCUT2D eigenvalue weighted by molar-refractivity contribution is 5.67. The predicted molar refractivity (Wildman–Crippen MR) is 42.5 cm³/mol. The number of hydrogen-bond donors (Lipinski definition) is 2. The fourth-order valence-corrected chi connectivity index (χ4v) is 1.49. The van der Waals surface area contributed by atoms with Gasteiger partial charge in [0, 0.05) is 6.04 Å². The lowest BCUT2D eigenvalue weighted by Crippen LogP contribution is -2.30. The van der Waals surface area contributed by atoms with Crippen molar-refractivity contribution < 1.29 is 9.90 Å². The molecule has 1 unspecified atom stereocenters. The highest BCUT2D eigenvalue weighted by Crippen LogP contribution is 2.10. The highest BCUT2D eigenvalue weighted by atomic mass is 16.4. The Hall–Kier alpha value is -0.570. The van der Waals surface area contributed by atoms with Crippen molar-refractivity contribution >= 4 is 5.97 Å². The summed E-state index contributed by atoms with van der Waals surface area (Å²) >= 11 is 0. The molecule has 1 saturated heterocycles. The SMILES string of the molecule is O=C(O)CC1CCCCCN1. The summed E-state index contributed by atoms with van der Waals surface area (Å²) in [4.78, 5) is 10.3. The van der Waals surface area contributed by atoms with Crippen LogP contribution in [-0.4, -0.2) is 23.7 Å². The Kier molecular flexibility index (Phi) is 3.36. The van der Waals surface area contributed by atoms with Gasteiger partial charge in [0.2, 0.25) is 0 Å². The van der Waals surface area contributed by atoms with E-state index in [0.29, 0.717) is 0 Å². The van der Waals surface area contributed by atoms with Crippen LogP contribution >= 0.6 is 0 Å². The number of aliphatic carboxylic acids is 1. The van der Waals surface area contributed by atoms with E-state index in [2.05, 4.69) is 5.32 Å². The van der Waals surface area contributed by atoms with E-state index < -0.39 is 5.97 Å². The molecule has 0 aromatic heterocycles. The van der Waals surface area contributed by atoms with Gasteiger partial charge in [-0.1, -0.05) is 12.8 Å². The molecular formula is C8H15NO2. The number of carboxylic acid groups (broad SMARTS) is 1. The molecule has 1 aliphatic heterocycles. The summed E-state index contributed by atoms with van der Waals surface area (Å²) in [5, 5.41) is 11.7. The van der Waals surface area contributed by atoms with Crippen LogP contribution in [0.15, 0.2) is 0 Å². The monoisotopic (exact) mass is 157 g/mol. The summed E-state index contributed by atoms with van der Waals surface area (Å²) in [5.41, 5.74) is 0. The maximum atomic E-state index is 10.3.